The van der Waals surface area contributed by atoms with Crippen molar-refractivity contribution < 1.29 is 4.79 Å². The van der Waals surface area contributed by atoms with E-state index in [9.17, 15) is 9.59 Å². The molecule has 1 amide bonds. The van der Waals surface area contributed by atoms with Crippen LogP contribution < -0.4 is 16.2 Å². The highest BCUT2D eigenvalue weighted by atomic mass is 16.1. The third-order valence-corrected chi connectivity index (χ3v) is 3.49. The highest BCUT2D eigenvalue weighted by molar-refractivity contribution is 6.05. The van der Waals surface area contributed by atoms with Crippen LogP contribution in [-0.2, 0) is 13.0 Å². The summed E-state index contributed by atoms with van der Waals surface area (Å²) in [6.45, 7) is 3.27. The summed E-state index contributed by atoms with van der Waals surface area (Å²) in [5.74, 6) is -0.159. The number of nitrogens with zero attached hydrogens (tertiary/aromatic N) is 1. The third-order valence-electron chi connectivity index (χ3n) is 3.49. The van der Waals surface area contributed by atoms with Gasteiger partial charge in [0.1, 0.15) is 0 Å². The molecule has 1 aromatic carbocycles. The van der Waals surface area contributed by atoms with Gasteiger partial charge in [0, 0.05) is 24.4 Å². The number of anilines is 1. The molecule has 0 aliphatic rings. The van der Waals surface area contributed by atoms with E-state index in [4.69, 9.17) is 0 Å². The first-order chi connectivity index (χ1) is 10.7. The summed E-state index contributed by atoms with van der Waals surface area (Å²) >= 11 is 0. The molecule has 5 nitrogen and oxygen atoms in total. The van der Waals surface area contributed by atoms with Gasteiger partial charge in [0.25, 0.3) is 11.5 Å². The average molecular weight is 299 g/mol. The van der Waals surface area contributed by atoms with Gasteiger partial charge in [-0.15, -0.1) is 0 Å². The molecule has 22 heavy (non-hydrogen) atoms. The lowest BCUT2D eigenvalue weighted by Gasteiger charge is -2.11. The molecule has 0 radical (unpaired) electrons. The predicted octanol–water partition coefficient (Wildman–Crippen LogP) is 1.88. The van der Waals surface area contributed by atoms with Crippen LogP contribution in [0.1, 0.15) is 22.8 Å². The summed E-state index contributed by atoms with van der Waals surface area (Å²) in [6, 6.07) is 10.6. The Balaban J connectivity index is 2.20. The lowest BCUT2D eigenvalue weighted by atomic mass is 10.0. The molecule has 0 atom stereocenters. The largest absolute Gasteiger partial charge is 0.321 e. The Morgan fingerprint density at radius 1 is 1.18 bits per heavy atom. The van der Waals surface area contributed by atoms with Crippen LogP contribution in [0.3, 0.4) is 0 Å². The minimum atomic E-state index is -0.159. The summed E-state index contributed by atoms with van der Waals surface area (Å²) in [5.41, 5.74) is 2.20. The number of pyridine rings is 1. The molecule has 116 valence electrons. The molecule has 0 unspecified atom stereocenters. The van der Waals surface area contributed by atoms with Gasteiger partial charge in [-0.25, -0.2) is 0 Å². The van der Waals surface area contributed by atoms with Gasteiger partial charge in [0.2, 0.25) is 0 Å². The maximum absolute atomic E-state index is 12.5. The molecule has 0 saturated carbocycles. The molecule has 0 aliphatic carbocycles. The lowest BCUT2D eigenvalue weighted by molar-refractivity contribution is 0.102. The van der Waals surface area contributed by atoms with Gasteiger partial charge in [0.05, 0.1) is 5.69 Å². The Labute approximate surface area is 130 Å². The number of rotatable bonds is 6. The van der Waals surface area contributed by atoms with Crippen LogP contribution in [0.5, 0.6) is 0 Å². The zero-order valence-electron chi connectivity index (χ0n) is 12.9. The van der Waals surface area contributed by atoms with Crippen LogP contribution in [0.25, 0.3) is 0 Å². The third kappa shape index (κ3) is 3.83. The Morgan fingerprint density at radius 3 is 2.68 bits per heavy atom. The SMILES string of the molecule is CCn1cc(NC(=O)c2ccccc2CCNC)ccc1=O. The summed E-state index contributed by atoms with van der Waals surface area (Å²) in [6.07, 6.45) is 2.45. The Morgan fingerprint density at radius 2 is 1.95 bits per heavy atom. The van der Waals surface area contributed by atoms with E-state index in [2.05, 4.69) is 10.6 Å². The van der Waals surface area contributed by atoms with Crippen molar-refractivity contribution in [3.05, 3.63) is 64.1 Å². The molecule has 0 spiro atoms. The van der Waals surface area contributed by atoms with E-state index < -0.39 is 0 Å². The van der Waals surface area contributed by atoms with E-state index in [1.54, 1.807) is 16.8 Å². The Kier molecular flexibility index (Phi) is 5.49. The lowest BCUT2D eigenvalue weighted by Crippen LogP contribution is -2.21. The van der Waals surface area contributed by atoms with Gasteiger partial charge in [-0.05, 0) is 44.6 Å². The first-order valence-corrected chi connectivity index (χ1v) is 7.40. The van der Waals surface area contributed by atoms with Crippen LogP contribution in [0.2, 0.25) is 0 Å². The number of carbonyl (C=O) groups is 1. The number of aromatic nitrogens is 1. The molecular weight excluding hydrogens is 278 g/mol. The van der Waals surface area contributed by atoms with Crippen molar-refractivity contribution in [1.29, 1.82) is 0 Å². The second-order valence-corrected chi connectivity index (χ2v) is 5.01. The van der Waals surface area contributed by atoms with Gasteiger partial charge >= 0.3 is 0 Å². The minimum Gasteiger partial charge on any atom is -0.321 e. The molecule has 1 heterocycles. The van der Waals surface area contributed by atoms with E-state index in [1.807, 2.05) is 38.2 Å². The number of likely N-dealkylation sites (N-methyl/N-ethyl adjacent to an activating group) is 1. The molecule has 2 rings (SSSR count). The van der Waals surface area contributed by atoms with Crippen molar-refractivity contribution in [2.75, 3.05) is 18.9 Å². The summed E-state index contributed by atoms with van der Waals surface area (Å²) < 4.78 is 1.56. The molecular formula is C17H21N3O2. The van der Waals surface area contributed by atoms with E-state index >= 15 is 0 Å². The number of amides is 1. The van der Waals surface area contributed by atoms with Crippen molar-refractivity contribution in [2.24, 2.45) is 0 Å². The van der Waals surface area contributed by atoms with Crippen molar-refractivity contribution in [3.8, 4) is 0 Å². The maximum atomic E-state index is 12.5. The summed E-state index contributed by atoms with van der Waals surface area (Å²) in [4.78, 5) is 24.0. The Bertz CT molecular complexity index is 707. The summed E-state index contributed by atoms with van der Waals surface area (Å²) in [5, 5.41) is 5.94. The predicted molar refractivity (Wildman–Crippen MR) is 88.4 cm³/mol. The number of aryl methyl sites for hydroxylation is 1. The molecule has 0 aliphatic heterocycles. The number of hydrogen-bond acceptors (Lipinski definition) is 3. The van der Waals surface area contributed by atoms with Crippen LogP contribution in [0, 0.1) is 0 Å². The first-order valence-electron chi connectivity index (χ1n) is 7.40. The maximum Gasteiger partial charge on any atom is 0.255 e. The van der Waals surface area contributed by atoms with Gasteiger partial charge in [-0.3, -0.25) is 9.59 Å². The van der Waals surface area contributed by atoms with Crippen LogP contribution in [-0.4, -0.2) is 24.1 Å². The molecule has 0 saturated heterocycles. The number of hydrogen-bond donors (Lipinski definition) is 2. The second kappa shape index (κ2) is 7.56. The normalized spacial score (nSPS) is 10.5. The highest BCUT2D eigenvalue weighted by Gasteiger charge is 2.11. The molecule has 0 fully saturated rings. The first kappa shape index (κ1) is 16.0. The van der Waals surface area contributed by atoms with Crippen molar-refractivity contribution >= 4 is 11.6 Å². The highest BCUT2D eigenvalue weighted by Crippen LogP contribution is 2.12. The average Bonchev–Trinajstić information content (AvgIpc) is 2.54. The molecule has 1 aromatic heterocycles. The monoisotopic (exact) mass is 299 g/mol. The molecule has 2 aromatic rings. The summed E-state index contributed by atoms with van der Waals surface area (Å²) in [7, 11) is 1.89. The van der Waals surface area contributed by atoms with E-state index in [-0.39, 0.29) is 11.5 Å². The van der Waals surface area contributed by atoms with Crippen molar-refractivity contribution in [2.45, 2.75) is 19.9 Å². The van der Waals surface area contributed by atoms with Crippen molar-refractivity contribution in [1.82, 2.24) is 9.88 Å². The molecule has 5 heteroatoms. The number of benzene rings is 1. The second-order valence-electron chi connectivity index (χ2n) is 5.01. The Hall–Kier alpha value is -2.40. The van der Waals surface area contributed by atoms with Gasteiger partial charge in [-0.1, -0.05) is 18.2 Å². The fourth-order valence-electron chi connectivity index (χ4n) is 2.27. The standard InChI is InChI=1S/C17H21N3O2/c1-3-20-12-14(8-9-16(20)21)19-17(22)15-7-5-4-6-13(15)10-11-18-2/h4-9,12,18H,3,10-11H2,1-2H3,(H,19,22). The molecule has 0 bridgehead atoms. The quantitative estimate of drug-likeness (QED) is 0.856. The zero-order chi connectivity index (χ0) is 15.9. The molecule has 2 N–H and O–H groups in total. The van der Waals surface area contributed by atoms with Crippen LogP contribution >= 0.6 is 0 Å². The van der Waals surface area contributed by atoms with E-state index in [0.717, 1.165) is 18.5 Å². The fourth-order valence-corrected chi connectivity index (χ4v) is 2.27. The van der Waals surface area contributed by atoms with Gasteiger partial charge in [-0.2, -0.15) is 0 Å². The van der Waals surface area contributed by atoms with Gasteiger partial charge < -0.3 is 15.2 Å². The number of carbonyl (C=O) groups excluding carboxylic acids is 1. The zero-order valence-corrected chi connectivity index (χ0v) is 12.9. The van der Waals surface area contributed by atoms with Crippen LogP contribution in [0.15, 0.2) is 47.4 Å². The van der Waals surface area contributed by atoms with Crippen molar-refractivity contribution in [3.63, 3.8) is 0 Å². The number of nitrogens with one attached hydrogen (secondary N) is 2. The van der Waals surface area contributed by atoms with Gasteiger partial charge in [0.15, 0.2) is 0 Å². The minimum absolute atomic E-state index is 0.0741. The smallest absolute Gasteiger partial charge is 0.255 e. The van der Waals surface area contributed by atoms with E-state index in [1.165, 1.54) is 6.07 Å². The fraction of sp³-hybridized carbons (Fsp3) is 0.294. The topological polar surface area (TPSA) is 63.1 Å². The van der Waals surface area contributed by atoms with E-state index in [0.29, 0.717) is 17.8 Å². The van der Waals surface area contributed by atoms with Crippen LogP contribution in [0.4, 0.5) is 5.69 Å².